The van der Waals surface area contributed by atoms with E-state index in [1.807, 2.05) is 32.9 Å². The van der Waals surface area contributed by atoms with Crippen LogP contribution < -0.4 is 4.74 Å². The predicted octanol–water partition coefficient (Wildman–Crippen LogP) is 1.81. The first kappa shape index (κ1) is 18.7. The van der Waals surface area contributed by atoms with Crippen LogP contribution in [0.2, 0.25) is 0 Å². The van der Waals surface area contributed by atoms with E-state index >= 15 is 0 Å². The van der Waals surface area contributed by atoms with Crippen LogP contribution in [0.1, 0.15) is 34.8 Å². The third kappa shape index (κ3) is 3.89. The zero-order chi connectivity index (χ0) is 17.9. The van der Waals surface area contributed by atoms with E-state index in [0.29, 0.717) is 43.9 Å². The number of hydrogen-bond acceptors (Lipinski definition) is 4. The van der Waals surface area contributed by atoms with Crippen LogP contribution in [0.25, 0.3) is 0 Å². The summed E-state index contributed by atoms with van der Waals surface area (Å²) in [7, 11) is -1.64. The summed E-state index contributed by atoms with van der Waals surface area (Å²) in [6, 6.07) is 3.80. The molecule has 1 amide bonds. The molecule has 1 aliphatic heterocycles. The van der Waals surface area contributed by atoms with Crippen LogP contribution in [0.4, 0.5) is 0 Å². The monoisotopic (exact) mass is 354 g/mol. The normalized spacial score (nSPS) is 16.2. The van der Waals surface area contributed by atoms with Crippen molar-refractivity contribution in [2.45, 2.75) is 27.2 Å². The van der Waals surface area contributed by atoms with Crippen molar-refractivity contribution < 1.29 is 17.9 Å². The van der Waals surface area contributed by atoms with Gasteiger partial charge in [-0.1, -0.05) is 13.0 Å². The van der Waals surface area contributed by atoms with E-state index in [-0.39, 0.29) is 11.7 Å². The molecule has 1 saturated heterocycles. The van der Waals surface area contributed by atoms with Gasteiger partial charge in [-0.15, -0.1) is 0 Å². The number of amides is 1. The Balaban J connectivity index is 2.14. The number of carbonyl (C=O) groups excluding carboxylic acids is 1. The number of rotatable bonds is 5. The molecule has 0 bridgehead atoms. The number of carbonyl (C=O) groups is 1. The Bertz CT molecular complexity index is 708. The molecule has 1 fully saturated rings. The minimum absolute atomic E-state index is 0.105. The smallest absolute Gasteiger partial charge is 0.257 e. The molecule has 0 spiro atoms. The molecule has 6 nitrogen and oxygen atoms in total. The minimum atomic E-state index is -3.20. The van der Waals surface area contributed by atoms with E-state index in [0.717, 1.165) is 11.1 Å². The Hall–Kier alpha value is -1.60. The van der Waals surface area contributed by atoms with E-state index in [2.05, 4.69) is 0 Å². The van der Waals surface area contributed by atoms with E-state index in [1.165, 1.54) is 4.31 Å². The SMILES string of the molecule is CCCS(=O)(=O)N1CCN(C(=O)c2cc(C)cc(C)c2OC)CC1. The maximum atomic E-state index is 12.8. The molecule has 0 radical (unpaired) electrons. The fourth-order valence-corrected chi connectivity index (χ4v) is 4.60. The standard InChI is InChI=1S/C17H26N2O4S/c1-5-10-24(21,22)19-8-6-18(7-9-19)17(20)15-12-13(2)11-14(3)16(15)23-4/h11-12H,5-10H2,1-4H3. The molecule has 1 aliphatic rings. The Kier molecular flexibility index (Phi) is 5.87. The summed E-state index contributed by atoms with van der Waals surface area (Å²) in [6.07, 6.45) is 0.598. The highest BCUT2D eigenvalue weighted by molar-refractivity contribution is 7.89. The second kappa shape index (κ2) is 7.53. The molecular formula is C17H26N2O4S. The summed E-state index contributed by atoms with van der Waals surface area (Å²) >= 11 is 0. The molecular weight excluding hydrogens is 328 g/mol. The van der Waals surface area contributed by atoms with Crippen LogP contribution in [0.15, 0.2) is 12.1 Å². The lowest BCUT2D eigenvalue weighted by Gasteiger charge is -2.34. The first-order chi connectivity index (χ1) is 11.3. The molecule has 1 heterocycles. The summed E-state index contributed by atoms with van der Waals surface area (Å²) < 4.78 is 31.1. The predicted molar refractivity (Wildman–Crippen MR) is 94.0 cm³/mol. The molecule has 24 heavy (non-hydrogen) atoms. The van der Waals surface area contributed by atoms with Gasteiger partial charge in [0.25, 0.3) is 5.91 Å². The highest BCUT2D eigenvalue weighted by Crippen LogP contribution is 2.27. The van der Waals surface area contributed by atoms with Crippen molar-refractivity contribution in [3.8, 4) is 5.75 Å². The second-order valence-corrected chi connectivity index (χ2v) is 8.26. The quantitative estimate of drug-likeness (QED) is 0.809. The molecule has 0 saturated carbocycles. The average Bonchev–Trinajstić information content (AvgIpc) is 2.53. The Morgan fingerprint density at radius 3 is 2.33 bits per heavy atom. The third-order valence-electron chi connectivity index (χ3n) is 4.23. The first-order valence-corrected chi connectivity index (χ1v) is 9.83. The number of sulfonamides is 1. The van der Waals surface area contributed by atoms with Crippen LogP contribution in [-0.2, 0) is 10.0 Å². The van der Waals surface area contributed by atoms with Gasteiger partial charge >= 0.3 is 0 Å². The van der Waals surface area contributed by atoms with Gasteiger partial charge in [0.2, 0.25) is 10.0 Å². The zero-order valence-electron chi connectivity index (χ0n) is 14.8. The maximum absolute atomic E-state index is 12.8. The summed E-state index contributed by atoms with van der Waals surface area (Å²) in [5.74, 6) is 0.643. The lowest BCUT2D eigenvalue weighted by Crippen LogP contribution is -2.51. The number of piperazine rings is 1. The van der Waals surface area contributed by atoms with Gasteiger partial charge in [0.15, 0.2) is 0 Å². The topological polar surface area (TPSA) is 66.9 Å². The van der Waals surface area contributed by atoms with E-state index in [9.17, 15) is 13.2 Å². The molecule has 134 valence electrons. The molecule has 0 aliphatic carbocycles. The second-order valence-electron chi connectivity index (χ2n) is 6.17. The van der Waals surface area contributed by atoms with Crippen molar-refractivity contribution >= 4 is 15.9 Å². The van der Waals surface area contributed by atoms with E-state index < -0.39 is 10.0 Å². The summed E-state index contributed by atoms with van der Waals surface area (Å²) in [5.41, 5.74) is 2.46. The van der Waals surface area contributed by atoms with Crippen LogP contribution in [0, 0.1) is 13.8 Å². The Morgan fingerprint density at radius 1 is 1.17 bits per heavy atom. The van der Waals surface area contributed by atoms with Gasteiger partial charge in [-0.2, -0.15) is 4.31 Å². The fourth-order valence-electron chi connectivity index (χ4n) is 3.11. The largest absolute Gasteiger partial charge is 0.496 e. The summed E-state index contributed by atoms with van der Waals surface area (Å²) in [4.78, 5) is 14.5. The molecule has 1 aromatic rings. The molecule has 7 heteroatoms. The van der Waals surface area contributed by atoms with Crippen molar-refractivity contribution in [3.63, 3.8) is 0 Å². The van der Waals surface area contributed by atoms with Gasteiger partial charge in [-0.25, -0.2) is 8.42 Å². The summed E-state index contributed by atoms with van der Waals surface area (Å²) in [5, 5.41) is 0. The Morgan fingerprint density at radius 2 is 1.79 bits per heavy atom. The number of benzene rings is 1. The van der Waals surface area contributed by atoms with E-state index in [4.69, 9.17) is 4.74 Å². The third-order valence-corrected chi connectivity index (χ3v) is 6.31. The van der Waals surface area contributed by atoms with Crippen LogP contribution in [-0.4, -0.2) is 62.6 Å². The lowest BCUT2D eigenvalue weighted by atomic mass is 10.0. The molecule has 1 aromatic carbocycles. The average molecular weight is 354 g/mol. The number of hydrogen-bond donors (Lipinski definition) is 0. The van der Waals surface area contributed by atoms with Gasteiger partial charge < -0.3 is 9.64 Å². The maximum Gasteiger partial charge on any atom is 0.257 e. The number of methoxy groups -OCH3 is 1. The van der Waals surface area contributed by atoms with Gasteiger partial charge in [-0.3, -0.25) is 4.79 Å². The molecule has 2 rings (SSSR count). The van der Waals surface area contributed by atoms with Crippen molar-refractivity contribution in [2.24, 2.45) is 0 Å². The van der Waals surface area contributed by atoms with Crippen molar-refractivity contribution in [1.82, 2.24) is 9.21 Å². The summed E-state index contributed by atoms with van der Waals surface area (Å²) in [6.45, 7) is 7.21. The molecule has 0 atom stereocenters. The number of aryl methyl sites for hydroxylation is 2. The number of nitrogens with zero attached hydrogens (tertiary/aromatic N) is 2. The van der Waals surface area contributed by atoms with Gasteiger partial charge in [0, 0.05) is 26.2 Å². The molecule has 0 N–H and O–H groups in total. The molecule has 0 unspecified atom stereocenters. The van der Waals surface area contributed by atoms with Crippen molar-refractivity contribution in [1.29, 1.82) is 0 Å². The highest BCUT2D eigenvalue weighted by atomic mass is 32.2. The number of ether oxygens (including phenoxy) is 1. The zero-order valence-corrected chi connectivity index (χ0v) is 15.6. The van der Waals surface area contributed by atoms with Crippen LogP contribution in [0.5, 0.6) is 5.75 Å². The van der Waals surface area contributed by atoms with Gasteiger partial charge in [-0.05, 0) is 37.5 Å². The minimum Gasteiger partial charge on any atom is -0.496 e. The van der Waals surface area contributed by atoms with Crippen molar-refractivity contribution in [3.05, 3.63) is 28.8 Å². The fraction of sp³-hybridized carbons (Fsp3) is 0.588. The van der Waals surface area contributed by atoms with Crippen LogP contribution in [0.3, 0.4) is 0 Å². The first-order valence-electron chi connectivity index (χ1n) is 8.22. The van der Waals surface area contributed by atoms with E-state index in [1.54, 1.807) is 12.0 Å². The Labute approximate surface area is 144 Å². The van der Waals surface area contributed by atoms with Gasteiger partial charge in [0.1, 0.15) is 5.75 Å². The van der Waals surface area contributed by atoms with Gasteiger partial charge in [0.05, 0.1) is 18.4 Å². The van der Waals surface area contributed by atoms with Crippen molar-refractivity contribution in [2.75, 3.05) is 39.0 Å². The molecule has 0 aromatic heterocycles. The highest BCUT2D eigenvalue weighted by Gasteiger charge is 2.29. The van der Waals surface area contributed by atoms with Crippen LogP contribution >= 0.6 is 0 Å². The lowest BCUT2D eigenvalue weighted by molar-refractivity contribution is 0.0694.